The van der Waals surface area contributed by atoms with Crippen LogP contribution in [0.15, 0.2) is 12.1 Å². The Hall–Kier alpha value is -1.61. The van der Waals surface area contributed by atoms with E-state index < -0.39 is 18.1 Å². The van der Waals surface area contributed by atoms with Gasteiger partial charge in [-0.3, -0.25) is 4.79 Å². The Labute approximate surface area is 155 Å². The molecule has 1 amide bonds. The molecule has 1 atom stereocenters. The summed E-state index contributed by atoms with van der Waals surface area (Å²) in [7, 11) is 4.66. The summed E-state index contributed by atoms with van der Waals surface area (Å²) in [6, 6.07) is 2.84. The molecule has 0 radical (unpaired) electrons. The second-order valence-corrected chi connectivity index (χ2v) is 6.67. The van der Waals surface area contributed by atoms with Crippen molar-refractivity contribution in [3.05, 3.63) is 23.3 Å². The third kappa shape index (κ3) is 6.95. The van der Waals surface area contributed by atoms with E-state index in [2.05, 4.69) is 0 Å². The van der Waals surface area contributed by atoms with Crippen LogP contribution in [-0.4, -0.2) is 51.1 Å². The average Bonchev–Trinajstić information content (AvgIpc) is 2.58. The molecule has 1 aromatic carbocycles. The van der Waals surface area contributed by atoms with Crippen LogP contribution in [0.25, 0.3) is 0 Å². The summed E-state index contributed by atoms with van der Waals surface area (Å²) in [5, 5.41) is 1.94. The number of hydrogen-bond donors (Lipinski definition) is 1. The molecule has 0 saturated heterocycles. The number of nitrogens with one attached hydrogen (secondary N) is 1. The first-order valence-corrected chi connectivity index (χ1v) is 9.06. The lowest BCUT2D eigenvalue weighted by molar-refractivity contribution is -0.174. The summed E-state index contributed by atoms with van der Waals surface area (Å²) in [6.45, 7) is 1.50. The molecule has 1 aromatic rings. The highest BCUT2D eigenvalue weighted by molar-refractivity contribution is 7.99. The fourth-order valence-electron chi connectivity index (χ4n) is 2.39. The van der Waals surface area contributed by atoms with Crippen LogP contribution >= 0.6 is 11.8 Å². The minimum Gasteiger partial charge on any atom is -0.496 e. The van der Waals surface area contributed by atoms with Crippen LogP contribution in [0, 0.1) is 0 Å². The number of halogens is 3. The van der Waals surface area contributed by atoms with Crippen LogP contribution < -0.4 is 14.8 Å². The smallest absolute Gasteiger partial charge is 0.471 e. The number of amides is 1. The zero-order valence-electron chi connectivity index (χ0n) is 15.2. The Morgan fingerprint density at radius 1 is 1.15 bits per heavy atom. The van der Waals surface area contributed by atoms with Gasteiger partial charge in [0.2, 0.25) is 0 Å². The monoisotopic (exact) mass is 395 g/mol. The van der Waals surface area contributed by atoms with Gasteiger partial charge in [-0.1, -0.05) is 0 Å². The Bertz CT molecular complexity index is 596. The number of carbonyl (C=O) groups excluding carboxylic acids is 1. The first kappa shape index (κ1) is 22.4. The van der Waals surface area contributed by atoms with E-state index >= 15 is 0 Å². The minimum atomic E-state index is -4.90. The van der Waals surface area contributed by atoms with Gasteiger partial charge < -0.3 is 19.5 Å². The van der Waals surface area contributed by atoms with Crippen LogP contribution in [0.2, 0.25) is 0 Å². The van der Waals surface area contributed by atoms with Crippen molar-refractivity contribution in [2.45, 2.75) is 32.0 Å². The van der Waals surface area contributed by atoms with Gasteiger partial charge in [0.25, 0.3) is 0 Å². The molecule has 0 fully saturated rings. The van der Waals surface area contributed by atoms with E-state index in [4.69, 9.17) is 14.2 Å². The summed E-state index contributed by atoms with van der Waals surface area (Å²) >= 11 is 1.63. The van der Waals surface area contributed by atoms with Gasteiger partial charge in [-0.05, 0) is 48.8 Å². The highest BCUT2D eigenvalue weighted by atomic mass is 32.2. The van der Waals surface area contributed by atoms with Crippen LogP contribution in [0.3, 0.4) is 0 Å². The number of aryl methyl sites for hydroxylation is 1. The van der Waals surface area contributed by atoms with Crippen LogP contribution in [-0.2, 0) is 22.4 Å². The predicted octanol–water partition coefficient (Wildman–Crippen LogP) is 3.19. The van der Waals surface area contributed by atoms with Crippen molar-refractivity contribution in [2.75, 3.05) is 33.0 Å². The van der Waals surface area contributed by atoms with Crippen molar-refractivity contribution >= 4 is 17.7 Å². The molecule has 0 spiro atoms. The molecule has 1 N–H and O–H groups in total. The Balaban J connectivity index is 2.89. The molecule has 0 bridgehead atoms. The lowest BCUT2D eigenvalue weighted by atomic mass is 10.0. The molecule has 26 heavy (non-hydrogen) atoms. The quantitative estimate of drug-likeness (QED) is 0.487. The second kappa shape index (κ2) is 10.5. The van der Waals surface area contributed by atoms with Gasteiger partial charge in [-0.25, -0.2) is 0 Å². The third-order valence-electron chi connectivity index (χ3n) is 3.56. The first-order valence-electron chi connectivity index (χ1n) is 7.91. The maximum atomic E-state index is 12.4. The number of ether oxygens (including phenoxy) is 3. The van der Waals surface area contributed by atoms with Gasteiger partial charge in [0, 0.05) is 13.2 Å². The van der Waals surface area contributed by atoms with E-state index in [1.807, 2.05) is 11.4 Å². The Morgan fingerprint density at radius 3 is 2.27 bits per heavy atom. The van der Waals surface area contributed by atoms with Gasteiger partial charge in [0.05, 0.1) is 20.2 Å². The van der Waals surface area contributed by atoms with Crippen molar-refractivity contribution in [1.82, 2.24) is 5.32 Å². The number of methoxy groups -OCH3 is 3. The van der Waals surface area contributed by atoms with Crippen molar-refractivity contribution < 1.29 is 32.2 Å². The van der Waals surface area contributed by atoms with Crippen molar-refractivity contribution in [2.24, 2.45) is 0 Å². The highest BCUT2D eigenvalue weighted by Gasteiger charge is 2.39. The summed E-state index contributed by atoms with van der Waals surface area (Å²) < 4.78 is 52.9. The van der Waals surface area contributed by atoms with Crippen LogP contribution in [0.5, 0.6) is 11.5 Å². The molecule has 9 heteroatoms. The Morgan fingerprint density at radius 2 is 1.73 bits per heavy atom. The van der Waals surface area contributed by atoms with Gasteiger partial charge in [0.1, 0.15) is 11.5 Å². The van der Waals surface area contributed by atoms with E-state index in [0.29, 0.717) is 23.0 Å². The molecule has 5 nitrogen and oxygen atoms in total. The zero-order valence-corrected chi connectivity index (χ0v) is 16.1. The van der Waals surface area contributed by atoms with Gasteiger partial charge in [0.15, 0.2) is 0 Å². The molecular weight excluding hydrogens is 371 g/mol. The summed E-state index contributed by atoms with van der Waals surface area (Å²) in [5.74, 6) is 0.639. The minimum absolute atomic E-state index is 0.181. The van der Waals surface area contributed by atoms with Crippen LogP contribution in [0.1, 0.15) is 18.1 Å². The summed E-state index contributed by atoms with van der Waals surface area (Å²) in [6.07, 6.45) is -3.99. The molecule has 0 aliphatic heterocycles. The lowest BCUT2D eigenvalue weighted by Gasteiger charge is -2.19. The average molecular weight is 395 g/mol. The van der Waals surface area contributed by atoms with E-state index in [1.165, 1.54) is 21.1 Å². The number of carbonyl (C=O) groups is 1. The second-order valence-electron chi connectivity index (χ2n) is 5.62. The highest BCUT2D eigenvalue weighted by Crippen LogP contribution is 2.31. The molecule has 1 rings (SSSR count). The topological polar surface area (TPSA) is 56.8 Å². The number of hydrogen-bond acceptors (Lipinski definition) is 5. The Kier molecular flexibility index (Phi) is 9.07. The fraction of sp³-hybridized carbons (Fsp3) is 0.588. The molecule has 0 aliphatic rings. The molecule has 0 saturated carbocycles. The van der Waals surface area contributed by atoms with E-state index in [9.17, 15) is 18.0 Å². The maximum absolute atomic E-state index is 12.4. The maximum Gasteiger partial charge on any atom is 0.471 e. The molecule has 1 unspecified atom stereocenters. The number of benzene rings is 1. The number of alkyl halides is 3. The molecule has 0 heterocycles. The fourth-order valence-corrected chi connectivity index (χ4v) is 3.04. The van der Waals surface area contributed by atoms with E-state index in [-0.39, 0.29) is 6.42 Å². The third-order valence-corrected chi connectivity index (χ3v) is 4.46. The van der Waals surface area contributed by atoms with Crippen molar-refractivity contribution in [3.8, 4) is 11.5 Å². The zero-order chi connectivity index (χ0) is 19.7. The number of thioether (sulfide) groups is 1. The van der Waals surface area contributed by atoms with Gasteiger partial charge in [-0.15, -0.1) is 11.8 Å². The number of rotatable bonds is 10. The molecule has 148 valence electrons. The normalized spacial score (nSPS) is 12.6. The van der Waals surface area contributed by atoms with Crippen molar-refractivity contribution in [3.63, 3.8) is 0 Å². The van der Waals surface area contributed by atoms with Gasteiger partial charge >= 0.3 is 12.1 Å². The predicted molar refractivity (Wildman–Crippen MR) is 94.9 cm³/mol. The lowest BCUT2D eigenvalue weighted by Crippen LogP contribution is -2.42. The van der Waals surface area contributed by atoms with Gasteiger partial charge in [-0.2, -0.15) is 13.2 Å². The SMILES string of the molecule is COCSCCc1cc(OC)c(CC(C)NC(=O)C(F)(F)F)cc1OC. The standard InChI is InChI=1S/C17H24F3NO4S/c1-11(21-16(22)17(18,19)20)7-13-9-14(24-3)12(8-15(13)25-4)5-6-26-10-23-2/h8-9,11H,5-7,10H2,1-4H3,(H,21,22). The molecule has 0 aromatic heterocycles. The first-order chi connectivity index (χ1) is 12.2. The molecule has 0 aliphatic carbocycles. The van der Waals surface area contributed by atoms with Crippen molar-refractivity contribution in [1.29, 1.82) is 0 Å². The van der Waals surface area contributed by atoms with E-state index in [1.54, 1.807) is 24.9 Å². The van der Waals surface area contributed by atoms with E-state index in [0.717, 1.165) is 17.7 Å². The van der Waals surface area contributed by atoms with Crippen LogP contribution in [0.4, 0.5) is 13.2 Å². The molecular formula is C17H24F3NO4S. The summed E-state index contributed by atoms with van der Waals surface area (Å²) in [4.78, 5) is 11.1. The largest absolute Gasteiger partial charge is 0.496 e. The summed E-state index contributed by atoms with van der Waals surface area (Å²) in [5.41, 5.74) is 1.59.